The molecule has 2 aliphatic heterocycles. The Labute approximate surface area is 188 Å². The smallest absolute Gasteiger partial charge is 0.222 e. The van der Waals surface area contributed by atoms with E-state index in [1.807, 2.05) is 13.8 Å². The molecule has 3 rings (SSSR count). The zero-order valence-electron chi connectivity index (χ0n) is 20.1. The number of aromatic nitrogens is 1. The van der Waals surface area contributed by atoms with E-state index in [4.69, 9.17) is 9.26 Å². The van der Waals surface area contributed by atoms with Gasteiger partial charge in [0.25, 0.3) is 0 Å². The van der Waals surface area contributed by atoms with E-state index in [-0.39, 0.29) is 5.91 Å². The van der Waals surface area contributed by atoms with Crippen molar-refractivity contribution in [3.05, 3.63) is 17.0 Å². The molecule has 176 valence electrons. The van der Waals surface area contributed by atoms with Crippen molar-refractivity contribution in [3.8, 4) is 0 Å². The van der Waals surface area contributed by atoms with Crippen LogP contribution in [0.3, 0.4) is 0 Å². The Morgan fingerprint density at radius 2 is 1.97 bits per heavy atom. The third-order valence-electron chi connectivity index (χ3n) is 7.26. The molecular formula is C24H42N4O3. The number of carbonyl (C=O) groups excluding carboxylic acids is 1. The van der Waals surface area contributed by atoms with Crippen LogP contribution < -0.4 is 0 Å². The molecule has 0 unspecified atom stereocenters. The molecular weight excluding hydrogens is 392 g/mol. The Bertz CT molecular complexity index is 665. The van der Waals surface area contributed by atoms with Crippen LogP contribution in [0.1, 0.15) is 56.0 Å². The summed E-state index contributed by atoms with van der Waals surface area (Å²) in [4.78, 5) is 20.6. The number of likely N-dealkylation sites (tertiary alicyclic amines) is 2. The normalized spacial score (nSPS) is 21.1. The van der Waals surface area contributed by atoms with E-state index in [1.165, 1.54) is 32.2 Å². The maximum Gasteiger partial charge on any atom is 0.222 e. The summed E-state index contributed by atoms with van der Waals surface area (Å²) in [6, 6.07) is 0.509. The van der Waals surface area contributed by atoms with Crippen LogP contribution in [0.15, 0.2) is 4.52 Å². The molecule has 0 radical (unpaired) electrons. The molecule has 2 saturated heterocycles. The molecule has 0 saturated carbocycles. The van der Waals surface area contributed by atoms with Gasteiger partial charge in [-0.2, -0.15) is 0 Å². The number of rotatable bonds is 11. The summed E-state index contributed by atoms with van der Waals surface area (Å²) in [7, 11) is 1.77. The number of hydrogen-bond donors (Lipinski definition) is 0. The summed E-state index contributed by atoms with van der Waals surface area (Å²) in [6.07, 6.45) is 6.04. The van der Waals surface area contributed by atoms with Gasteiger partial charge in [-0.05, 0) is 78.0 Å². The van der Waals surface area contributed by atoms with Crippen molar-refractivity contribution in [2.24, 2.45) is 5.92 Å². The second-order valence-electron chi connectivity index (χ2n) is 9.30. The van der Waals surface area contributed by atoms with Crippen LogP contribution in [0, 0.1) is 19.8 Å². The Hall–Kier alpha value is -1.44. The topological polar surface area (TPSA) is 62.1 Å². The first kappa shape index (κ1) is 24.2. The van der Waals surface area contributed by atoms with E-state index in [0.29, 0.717) is 24.8 Å². The number of carbonyl (C=O) groups is 1. The Balaban J connectivity index is 1.58. The first-order chi connectivity index (χ1) is 15.0. The Morgan fingerprint density at radius 3 is 2.61 bits per heavy atom. The van der Waals surface area contributed by atoms with Crippen LogP contribution in [0.25, 0.3) is 0 Å². The summed E-state index contributed by atoms with van der Waals surface area (Å²) in [5.74, 6) is 1.72. The number of likely N-dealkylation sites (N-methyl/N-ethyl adjacent to an activating group) is 1. The molecule has 7 heteroatoms. The van der Waals surface area contributed by atoms with E-state index in [2.05, 4.69) is 26.8 Å². The average Bonchev–Trinajstić information content (AvgIpc) is 3.36. The van der Waals surface area contributed by atoms with Crippen molar-refractivity contribution in [1.82, 2.24) is 19.9 Å². The van der Waals surface area contributed by atoms with Crippen LogP contribution in [0.2, 0.25) is 0 Å². The molecule has 1 amide bonds. The predicted molar refractivity (Wildman–Crippen MR) is 122 cm³/mol. The second-order valence-corrected chi connectivity index (χ2v) is 9.30. The van der Waals surface area contributed by atoms with Crippen LogP contribution in [0.5, 0.6) is 0 Å². The van der Waals surface area contributed by atoms with Gasteiger partial charge in [0.15, 0.2) is 0 Å². The Morgan fingerprint density at radius 1 is 1.19 bits per heavy atom. The minimum Gasteiger partial charge on any atom is -0.383 e. The standard InChI is InChI=1S/C24H42N4O3/c1-5-27-12-6-7-22(27)18-28(17-21-10-13-26(14-11-21)15-16-30-4)24(29)9-8-23-19(2)25-31-20(23)3/h21-22H,5-18H2,1-4H3/t22-/m0/s1. The lowest BCUT2D eigenvalue weighted by Gasteiger charge is -2.36. The van der Waals surface area contributed by atoms with Crippen molar-refractivity contribution in [2.75, 3.05) is 59.5 Å². The number of nitrogens with zero attached hydrogens (tertiary/aromatic N) is 4. The van der Waals surface area contributed by atoms with Crippen LogP contribution >= 0.6 is 0 Å². The highest BCUT2D eigenvalue weighted by molar-refractivity contribution is 5.76. The van der Waals surface area contributed by atoms with Gasteiger partial charge in [-0.25, -0.2) is 0 Å². The molecule has 3 heterocycles. The summed E-state index contributed by atoms with van der Waals surface area (Å²) < 4.78 is 10.5. The fraction of sp³-hybridized carbons (Fsp3) is 0.833. The highest BCUT2D eigenvalue weighted by Crippen LogP contribution is 2.23. The molecule has 2 fully saturated rings. The number of ether oxygens (including phenoxy) is 1. The SMILES string of the molecule is CCN1CCC[C@H]1CN(CC1CCN(CCOC)CC1)C(=O)CCc1c(C)noc1C. The fourth-order valence-corrected chi connectivity index (χ4v) is 5.22. The lowest BCUT2D eigenvalue weighted by atomic mass is 9.95. The van der Waals surface area contributed by atoms with E-state index in [1.54, 1.807) is 7.11 Å². The van der Waals surface area contributed by atoms with Crippen molar-refractivity contribution < 1.29 is 14.1 Å². The van der Waals surface area contributed by atoms with Gasteiger partial charge in [0.1, 0.15) is 5.76 Å². The van der Waals surface area contributed by atoms with Crippen molar-refractivity contribution in [1.29, 1.82) is 0 Å². The molecule has 0 aromatic carbocycles. The van der Waals surface area contributed by atoms with Crippen LogP contribution in [-0.4, -0.2) is 91.3 Å². The third kappa shape index (κ3) is 6.77. The molecule has 1 aromatic rings. The first-order valence-corrected chi connectivity index (χ1v) is 12.2. The zero-order chi connectivity index (χ0) is 22.2. The largest absolute Gasteiger partial charge is 0.383 e. The molecule has 0 aliphatic carbocycles. The molecule has 1 aromatic heterocycles. The first-order valence-electron chi connectivity index (χ1n) is 12.2. The minimum atomic E-state index is 0.282. The van der Waals surface area contributed by atoms with Crippen molar-refractivity contribution >= 4 is 5.91 Å². The molecule has 0 spiro atoms. The maximum atomic E-state index is 13.4. The molecule has 7 nitrogen and oxygen atoms in total. The van der Waals surface area contributed by atoms with Gasteiger partial charge in [0.05, 0.1) is 12.3 Å². The van der Waals surface area contributed by atoms with E-state index in [0.717, 1.165) is 62.9 Å². The number of hydrogen-bond acceptors (Lipinski definition) is 6. The lowest BCUT2D eigenvalue weighted by Crippen LogP contribution is -2.46. The van der Waals surface area contributed by atoms with Crippen LogP contribution in [0.4, 0.5) is 0 Å². The van der Waals surface area contributed by atoms with Gasteiger partial charge < -0.3 is 19.1 Å². The van der Waals surface area contributed by atoms with E-state index < -0.39 is 0 Å². The number of aryl methyl sites for hydroxylation is 2. The summed E-state index contributed by atoms with van der Waals surface area (Å²) in [5, 5.41) is 4.04. The quantitative estimate of drug-likeness (QED) is 0.534. The maximum absolute atomic E-state index is 13.4. The van der Waals surface area contributed by atoms with Crippen LogP contribution in [-0.2, 0) is 16.0 Å². The van der Waals surface area contributed by atoms with E-state index >= 15 is 0 Å². The van der Waals surface area contributed by atoms with Crippen molar-refractivity contribution in [3.63, 3.8) is 0 Å². The fourth-order valence-electron chi connectivity index (χ4n) is 5.22. The highest BCUT2D eigenvalue weighted by Gasteiger charge is 2.29. The van der Waals surface area contributed by atoms with Crippen molar-refractivity contribution in [2.45, 2.75) is 65.3 Å². The lowest BCUT2D eigenvalue weighted by molar-refractivity contribution is -0.132. The molecule has 31 heavy (non-hydrogen) atoms. The molecule has 1 atom stereocenters. The predicted octanol–water partition coefficient (Wildman–Crippen LogP) is 2.90. The van der Waals surface area contributed by atoms with Gasteiger partial charge >= 0.3 is 0 Å². The summed E-state index contributed by atoms with van der Waals surface area (Å²) >= 11 is 0. The number of amides is 1. The molecule has 2 aliphatic rings. The van der Waals surface area contributed by atoms with Gasteiger partial charge in [-0.3, -0.25) is 9.69 Å². The summed E-state index contributed by atoms with van der Waals surface area (Å²) in [6.45, 7) is 14.2. The molecule has 0 N–H and O–H groups in total. The number of piperidine rings is 1. The van der Waals surface area contributed by atoms with Gasteiger partial charge in [0.2, 0.25) is 5.91 Å². The van der Waals surface area contributed by atoms with E-state index in [9.17, 15) is 4.79 Å². The second kappa shape index (κ2) is 12.0. The van der Waals surface area contributed by atoms with Gasteiger partial charge in [-0.1, -0.05) is 12.1 Å². The molecule has 0 bridgehead atoms. The third-order valence-corrected chi connectivity index (χ3v) is 7.26. The highest BCUT2D eigenvalue weighted by atomic mass is 16.5. The minimum absolute atomic E-state index is 0.282. The monoisotopic (exact) mass is 434 g/mol. The average molecular weight is 435 g/mol. The number of methoxy groups -OCH3 is 1. The zero-order valence-corrected chi connectivity index (χ0v) is 20.1. The van der Waals surface area contributed by atoms with Gasteiger partial charge in [0, 0.05) is 44.8 Å². The Kier molecular flexibility index (Phi) is 9.35. The summed E-state index contributed by atoms with van der Waals surface area (Å²) in [5.41, 5.74) is 2.00. The van der Waals surface area contributed by atoms with Gasteiger partial charge in [-0.15, -0.1) is 0 Å².